The predicted molar refractivity (Wildman–Crippen MR) is 109 cm³/mol. The zero-order chi connectivity index (χ0) is 18.7. The molecule has 2 atom stereocenters. The quantitative estimate of drug-likeness (QED) is 0.394. The van der Waals surface area contributed by atoms with E-state index in [4.69, 9.17) is 9.47 Å². The smallest absolute Gasteiger partial charge is 0.127 e. The summed E-state index contributed by atoms with van der Waals surface area (Å²) in [5, 5.41) is 0. The Morgan fingerprint density at radius 2 is 1.96 bits per heavy atom. The molecule has 0 amide bonds. The van der Waals surface area contributed by atoms with Crippen molar-refractivity contribution in [2.45, 2.75) is 90.1 Å². The Labute approximate surface area is 160 Å². The van der Waals surface area contributed by atoms with E-state index in [1.165, 1.54) is 48.8 Å². The molecule has 2 aliphatic rings. The molecule has 2 unspecified atom stereocenters. The lowest BCUT2D eigenvalue weighted by atomic mass is 9.65. The number of methoxy groups -OCH3 is 1. The van der Waals surface area contributed by atoms with Crippen molar-refractivity contribution in [2.24, 2.45) is 5.92 Å². The first-order valence-electron chi connectivity index (χ1n) is 10.5. The molecule has 1 aliphatic carbocycles. The monoisotopic (exact) mass is 356 g/mol. The zero-order valence-electron chi connectivity index (χ0n) is 17.2. The fraction of sp³-hybridized carbons (Fsp3) is 0.667. The van der Waals surface area contributed by atoms with Crippen molar-refractivity contribution in [3.63, 3.8) is 0 Å². The Morgan fingerprint density at radius 3 is 2.69 bits per heavy atom. The van der Waals surface area contributed by atoms with Gasteiger partial charge in [0.15, 0.2) is 0 Å². The number of rotatable bonds is 7. The van der Waals surface area contributed by atoms with Crippen LogP contribution < -0.4 is 9.47 Å². The fourth-order valence-corrected chi connectivity index (χ4v) is 4.96. The van der Waals surface area contributed by atoms with E-state index in [0.717, 1.165) is 37.2 Å². The number of fused-ring (bicyclic) bond motifs is 3. The lowest BCUT2D eigenvalue weighted by Gasteiger charge is -2.48. The summed E-state index contributed by atoms with van der Waals surface area (Å²) < 4.78 is 12.4. The molecule has 1 aromatic carbocycles. The number of benzene rings is 1. The van der Waals surface area contributed by atoms with Crippen molar-refractivity contribution in [3.05, 3.63) is 35.4 Å². The minimum Gasteiger partial charge on any atom is -0.496 e. The molecule has 0 spiro atoms. The van der Waals surface area contributed by atoms with Gasteiger partial charge in [-0.2, -0.15) is 0 Å². The summed E-state index contributed by atoms with van der Waals surface area (Å²) in [4.78, 5) is 0. The fourth-order valence-electron chi connectivity index (χ4n) is 4.96. The largest absolute Gasteiger partial charge is 0.496 e. The second-order valence-corrected chi connectivity index (χ2v) is 8.79. The van der Waals surface area contributed by atoms with Crippen molar-refractivity contribution >= 4 is 0 Å². The van der Waals surface area contributed by atoms with Gasteiger partial charge >= 0.3 is 0 Å². The van der Waals surface area contributed by atoms with Crippen LogP contribution in [0.3, 0.4) is 0 Å². The number of hydrogen-bond acceptors (Lipinski definition) is 2. The van der Waals surface area contributed by atoms with Crippen LogP contribution in [0, 0.1) is 5.92 Å². The molecule has 2 heteroatoms. The molecule has 1 aromatic rings. The molecule has 0 bridgehead atoms. The highest BCUT2D eigenvalue weighted by Gasteiger charge is 2.46. The summed E-state index contributed by atoms with van der Waals surface area (Å²) in [5.41, 5.74) is 3.88. The number of unbranched alkanes of at least 4 members (excludes halogenated alkanes) is 4. The van der Waals surface area contributed by atoms with Crippen LogP contribution in [0.1, 0.15) is 89.2 Å². The first kappa shape index (κ1) is 19.3. The molecule has 0 N–H and O–H groups in total. The van der Waals surface area contributed by atoms with Crippen LogP contribution in [-0.2, 0) is 6.42 Å². The molecule has 0 aromatic heterocycles. The number of allylic oxidation sites excluding steroid dienone is 1. The van der Waals surface area contributed by atoms with E-state index >= 15 is 0 Å². The van der Waals surface area contributed by atoms with E-state index in [1.807, 2.05) is 0 Å². The molecule has 3 rings (SSSR count). The molecule has 0 radical (unpaired) electrons. The van der Waals surface area contributed by atoms with Gasteiger partial charge < -0.3 is 9.47 Å². The van der Waals surface area contributed by atoms with E-state index in [2.05, 4.69) is 39.5 Å². The Kier molecular flexibility index (Phi) is 5.99. The summed E-state index contributed by atoms with van der Waals surface area (Å²) in [6.07, 6.45) is 11.0. The maximum absolute atomic E-state index is 6.54. The number of aryl methyl sites for hydroxylation is 1. The Balaban J connectivity index is 1.86. The van der Waals surface area contributed by atoms with E-state index in [1.54, 1.807) is 7.11 Å². The van der Waals surface area contributed by atoms with Gasteiger partial charge in [0.25, 0.3) is 0 Å². The topological polar surface area (TPSA) is 18.5 Å². The van der Waals surface area contributed by atoms with Crippen molar-refractivity contribution in [2.75, 3.05) is 7.11 Å². The zero-order valence-corrected chi connectivity index (χ0v) is 17.2. The average Bonchev–Trinajstić information content (AvgIpc) is 2.60. The van der Waals surface area contributed by atoms with E-state index in [9.17, 15) is 0 Å². The standard InChI is InChI=1S/C24H36O2/c1-6-7-8-9-10-11-18-15-21(25-5)23-19-14-17(2)12-13-20(19)24(3,4)26-22(23)16-18/h15-16,19-20H,2,6-14H2,1,3-5H3. The molecule has 1 heterocycles. The lowest BCUT2D eigenvalue weighted by molar-refractivity contribution is -0.000884. The second-order valence-electron chi connectivity index (χ2n) is 8.79. The molecular formula is C24H36O2. The Hall–Kier alpha value is -1.44. The van der Waals surface area contributed by atoms with Gasteiger partial charge in [0.05, 0.1) is 7.11 Å². The Bertz CT molecular complexity index is 644. The van der Waals surface area contributed by atoms with Gasteiger partial charge in [-0.25, -0.2) is 0 Å². The molecule has 144 valence electrons. The minimum absolute atomic E-state index is 0.122. The molecule has 26 heavy (non-hydrogen) atoms. The second kappa shape index (κ2) is 8.06. The minimum atomic E-state index is -0.122. The molecular weight excluding hydrogens is 320 g/mol. The van der Waals surface area contributed by atoms with Gasteiger partial charge in [-0.05, 0) is 63.6 Å². The predicted octanol–water partition coefficient (Wildman–Crippen LogP) is 6.82. The van der Waals surface area contributed by atoms with Crippen LogP contribution in [0.5, 0.6) is 11.5 Å². The summed E-state index contributed by atoms with van der Waals surface area (Å²) in [5.74, 6) is 3.08. The van der Waals surface area contributed by atoms with E-state index < -0.39 is 0 Å². The summed E-state index contributed by atoms with van der Waals surface area (Å²) in [6.45, 7) is 11.1. The average molecular weight is 357 g/mol. The maximum atomic E-state index is 6.54. The van der Waals surface area contributed by atoms with Gasteiger partial charge in [-0.3, -0.25) is 0 Å². The molecule has 1 fully saturated rings. The van der Waals surface area contributed by atoms with E-state index in [0.29, 0.717) is 11.8 Å². The molecule has 0 saturated heterocycles. The molecule has 2 nitrogen and oxygen atoms in total. The SMILES string of the molecule is C=C1CCC2C(C1)c1c(OC)cc(CCCCCCC)cc1OC2(C)C. The highest BCUT2D eigenvalue weighted by molar-refractivity contribution is 5.53. The van der Waals surface area contributed by atoms with Crippen LogP contribution in [-0.4, -0.2) is 12.7 Å². The third kappa shape index (κ3) is 3.94. The first-order valence-corrected chi connectivity index (χ1v) is 10.5. The van der Waals surface area contributed by atoms with Gasteiger partial charge in [0.1, 0.15) is 17.1 Å². The third-order valence-electron chi connectivity index (χ3n) is 6.39. The van der Waals surface area contributed by atoms with Crippen molar-refractivity contribution in [1.29, 1.82) is 0 Å². The Morgan fingerprint density at radius 1 is 1.19 bits per heavy atom. The highest BCUT2D eigenvalue weighted by Crippen LogP contribution is 2.55. The lowest BCUT2D eigenvalue weighted by Crippen LogP contribution is -2.46. The van der Waals surface area contributed by atoms with Crippen molar-refractivity contribution in [1.82, 2.24) is 0 Å². The molecule has 1 saturated carbocycles. The van der Waals surface area contributed by atoms with Gasteiger partial charge in [0.2, 0.25) is 0 Å². The number of hydrogen-bond donors (Lipinski definition) is 0. The van der Waals surface area contributed by atoms with E-state index in [-0.39, 0.29) is 5.60 Å². The summed E-state index contributed by atoms with van der Waals surface area (Å²) >= 11 is 0. The molecule has 1 aliphatic heterocycles. The summed E-state index contributed by atoms with van der Waals surface area (Å²) in [7, 11) is 1.80. The van der Waals surface area contributed by atoms with Crippen LogP contribution in [0.25, 0.3) is 0 Å². The van der Waals surface area contributed by atoms with Crippen molar-refractivity contribution < 1.29 is 9.47 Å². The van der Waals surface area contributed by atoms with Crippen LogP contribution in [0.2, 0.25) is 0 Å². The van der Waals surface area contributed by atoms with Gasteiger partial charge in [-0.1, -0.05) is 44.8 Å². The highest BCUT2D eigenvalue weighted by atomic mass is 16.5. The van der Waals surface area contributed by atoms with Gasteiger partial charge in [-0.15, -0.1) is 0 Å². The number of ether oxygens (including phenoxy) is 2. The summed E-state index contributed by atoms with van der Waals surface area (Å²) in [6, 6.07) is 4.54. The normalized spacial score (nSPS) is 23.8. The van der Waals surface area contributed by atoms with Crippen molar-refractivity contribution in [3.8, 4) is 11.5 Å². The first-order chi connectivity index (χ1) is 12.5. The third-order valence-corrected chi connectivity index (χ3v) is 6.39. The van der Waals surface area contributed by atoms with Gasteiger partial charge in [0, 0.05) is 17.4 Å². The van der Waals surface area contributed by atoms with Crippen LogP contribution in [0.15, 0.2) is 24.3 Å². The van der Waals surface area contributed by atoms with Crippen LogP contribution in [0.4, 0.5) is 0 Å². The van der Waals surface area contributed by atoms with Crippen LogP contribution >= 0.6 is 0 Å². The maximum Gasteiger partial charge on any atom is 0.127 e.